The van der Waals surface area contributed by atoms with Crippen LogP contribution in [-0.2, 0) is 0 Å². The lowest BCUT2D eigenvalue weighted by atomic mass is 10.2. The number of thiocarbonyl (C=S) groups is 1. The minimum atomic E-state index is -0.482. The third-order valence-corrected chi connectivity index (χ3v) is 3.93. The van der Waals surface area contributed by atoms with Gasteiger partial charge in [0, 0.05) is 18.2 Å². The Kier molecular flexibility index (Phi) is 5.34. The third-order valence-electron chi connectivity index (χ3n) is 3.70. The molecule has 1 aliphatic rings. The number of aliphatic hydroxyl groups excluding tert-OH is 1. The van der Waals surface area contributed by atoms with Crippen LogP contribution in [0.2, 0.25) is 0 Å². The Morgan fingerprint density at radius 2 is 2.40 bits per heavy atom. The van der Waals surface area contributed by atoms with E-state index in [1.165, 1.54) is 12.8 Å². The fourth-order valence-electron chi connectivity index (χ4n) is 2.52. The first-order chi connectivity index (χ1) is 9.56. The average molecular weight is 294 g/mol. The number of β-amino-alcohol motifs (C(OH)–C–C–N with tert-alkyl or cyclic N) is 1. The molecule has 0 aliphatic carbocycles. The molecule has 0 aromatic heterocycles. The second-order valence-electron chi connectivity index (χ2n) is 5.34. The standard InChI is InChI=1S/C15H22N2O2S/c1-11-4-3-7-17(11)9-13(18)10-19-14-6-2-5-12(8-14)15(16)20/h2,5-6,8,11,13,18H,3-4,7,9-10H2,1H3,(H2,16,20). The zero-order chi connectivity index (χ0) is 14.5. The zero-order valence-electron chi connectivity index (χ0n) is 11.8. The SMILES string of the molecule is CC1CCCN1CC(O)COc1cccc(C(N)=S)c1. The highest BCUT2D eigenvalue weighted by molar-refractivity contribution is 7.80. The molecule has 1 heterocycles. The molecule has 1 aromatic rings. The van der Waals surface area contributed by atoms with Crippen LogP contribution in [0.5, 0.6) is 5.75 Å². The van der Waals surface area contributed by atoms with Gasteiger partial charge in [-0.15, -0.1) is 0 Å². The monoisotopic (exact) mass is 294 g/mol. The van der Waals surface area contributed by atoms with Crippen molar-refractivity contribution in [3.05, 3.63) is 29.8 Å². The van der Waals surface area contributed by atoms with Crippen molar-refractivity contribution in [1.82, 2.24) is 4.90 Å². The summed E-state index contributed by atoms with van der Waals surface area (Å²) in [6.07, 6.45) is 1.94. The molecule has 0 radical (unpaired) electrons. The molecule has 1 saturated heterocycles. The van der Waals surface area contributed by atoms with E-state index in [9.17, 15) is 5.11 Å². The molecular weight excluding hydrogens is 272 g/mol. The van der Waals surface area contributed by atoms with Crippen LogP contribution in [0.15, 0.2) is 24.3 Å². The topological polar surface area (TPSA) is 58.7 Å². The lowest BCUT2D eigenvalue weighted by molar-refractivity contribution is 0.0662. The molecule has 2 rings (SSSR count). The largest absolute Gasteiger partial charge is 0.491 e. The molecule has 5 heteroatoms. The Hall–Kier alpha value is -1.17. The van der Waals surface area contributed by atoms with Gasteiger partial charge >= 0.3 is 0 Å². The van der Waals surface area contributed by atoms with Gasteiger partial charge in [0.05, 0.1) is 0 Å². The lowest BCUT2D eigenvalue weighted by Crippen LogP contribution is -2.37. The number of hydrogen-bond donors (Lipinski definition) is 2. The Bertz CT molecular complexity index is 467. The summed E-state index contributed by atoms with van der Waals surface area (Å²) in [4.78, 5) is 2.65. The number of benzene rings is 1. The number of hydrogen-bond acceptors (Lipinski definition) is 4. The van der Waals surface area contributed by atoms with Gasteiger partial charge in [0.15, 0.2) is 0 Å². The summed E-state index contributed by atoms with van der Waals surface area (Å²) in [5, 5.41) is 10.1. The molecule has 0 spiro atoms. The molecule has 0 amide bonds. The summed E-state index contributed by atoms with van der Waals surface area (Å²) in [7, 11) is 0. The summed E-state index contributed by atoms with van der Waals surface area (Å²) in [6.45, 7) is 4.21. The maximum atomic E-state index is 10.1. The van der Waals surface area contributed by atoms with Crippen LogP contribution in [0, 0.1) is 0 Å². The minimum absolute atomic E-state index is 0.282. The van der Waals surface area contributed by atoms with Crippen LogP contribution in [0.3, 0.4) is 0 Å². The van der Waals surface area contributed by atoms with Crippen molar-refractivity contribution in [2.45, 2.75) is 31.9 Å². The highest BCUT2D eigenvalue weighted by Crippen LogP contribution is 2.17. The normalized spacial score (nSPS) is 20.8. The van der Waals surface area contributed by atoms with Gasteiger partial charge in [0.1, 0.15) is 23.4 Å². The predicted molar refractivity (Wildman–Crippen MR) is 84.1 cm³/mol. The van der Waals surface area contributed by atoms with E-state index in [4.69, 9.17) is 22.7 Å². The van der Waals surface area contributed by atoms with E-state index in [1.807, 2.05) is 18.2 Å². The first-order valence-electron chi connectivity index (χ1n) is 7.01. The van der Waals surface area contributed by atoms with Crippen molar-refractivity contribution < 1.29 is 9.84 Å². The quantitative estimate of drug-likeness (QED) is 0.780. The van der Waals surface area contributed by atoms with E-state index >= 15 is 0 Å². The van der Waals surface area contributed by atoms with E-state index in [-0.39, 0.29) is 6.61 Å². The molecule has 1 aromatic carbocycles. The second kappa shape index (κ2) is 7.02. The van der Waals surface area contributed by atoms with Gasteiger partial charge in [0.25, 0.3) is 0 Å². The van der Waals surface area contributed by atoms with Gasteiger partial charge in [-0.2, -0.15) is 0 Å². The van der Waals surface area contributed by atoms with Crippen LogP contribution in [0.4, 0.5) is 0 Å². The van der Waals surface area contributed by atoms with Crippen molar-refractivity contribution in [2.24, 2.45) is 5.73 Å². The summed E-state index contributed by atoms with van der Waals surface area (Å²) >= 11 is 4.93. The minimum Gasteiger partial charge on any atom is -0.491 e. The number of aliphatic hydroxyl groups is 1. The molecule has 2 atom stereocenters. The summed E-state index contributed by atoms with van der Waals surface area (Å²) < 4.78 is 5.61. The molecule has 110 valence electrons. The first kappa shape index (κ1) is 15.2. The fraction of sp³-hybridized carbons (Fsp3) is 0.533. The molecule has 1 fully saturated rings. The molecule has 4 nitrogen and oxygen atoms in total. The van der Waals surface area contributed by atoms with Crippen molar-refractivity contribution in [2.75, 3.05) is 19.7 Å². The maximum absolute atomic E-state index is 10.1. The molecule has 1 aliphatic heterocycles. The van der Waals surface area contributed by atoms with Crippen LogP contribution in [0.1, 0.15) is 25.3 Å². The van der Waals surface area contributed by atoms with Gasteiger partial charge in [0.2, 0.25) is 0 Å². The van der Waals surface area contributed by atoms with E-state index in [0.717, 1.165) is 12.1 Å². The van der Waals surface area contributed by atoms with Gasteiger partial charge < -0.3 is 15.6 Å². The summed E-state index contributed by atoms with van der Waals surface area (Å²) in [5.74, 6) is 0.684. The van der Waals surface area contributed by atoms with Crippen molar-refractivity contribution in [3.8, 4) is 5.75 Å². The maximum Gasteiger partial charge on any atom is 0.120 e. The Labute approximate surface area is 125 Å². The molecule has 20 heavy (non-hydrogen) atoms. The van der Waals surface area contributed by atoms with Gasteiger partial charge in [-0.25, -0.2) is 0 Å². The predicted octanol–water partition coefficient (Wildman–Crippen LogP) is 1.54. The zero-order valence-corrected chi connectivity index (χ0v) is 12.6. The Morgan fingerprint density at radius 1 is 1.60 bits per heavy atom. The van der Waals surface area contributed by atoms with Gasteiger partial charge in [-0.3, -0.25) is 4.90 Å². The number of likely N-dealkylation sites (tertiary alicyclic amines) is 1. The molecule has 3 N–H and O–H groups in total. The fourth-order valence-corrected chi connectivity index (χ4v) is 2.65. The molecular formula is C15H22N2O2S. The van der Waals surface area contributed by atoms with Crippen molar-refractivity contribution in [3.63, 3.8) is 0 Å². The van der Waals surface area contributed by atoms with Crippen LogP contribution in [0.25, 0.3) is 0 Å². The highest BCUT2D eigenvalue weighted by atomic mass is 32.1. The number of nitrogens with two attached hydrogens (primary N) is 1. The van der Waals surface area contributed by atoms with E-state index in [1.54, 1.807) is 6.07 Å². The summed E-state index contributed by atoms with van der Waals surface area (Å²) in [5.41, 5.74) is 6.36. The van der Waals surface area contributed by atoms with E-state index in [2.05, 4.69) is 11.8 Å². The van der Waals surface area contributed by atoms with E-state index < -0.39 is 6.10 Å². The average Bonchev–Trinajstić information content (AvgIpc) is 2.82. The molecule has 0 saturated carbocycles. The third kappa shape index (κ3) is 4.16. The lowest BCUT2D eigenvalue weighted by Gasteiger charge is -2.24. The number of rotatable bonds is 6. The smallest absolute Gasteiger partial charge is 0.120 e. The molecule has 0 bridgehead atoms. The Balaban J connectivity index is 1.82. The van der Waals surface area contributed by atoms with Gasteiger partial charge in [-0.1, -0.05) is 24.4 Å². The van der Waals surface area contributed by atoms with Crippen LogP contribution in [-0.4, -0.2) is 46.8 Å². The van der Waals surface area contributed by atoms with Gasteiger partial charge in [-0.05, 0) is 38.4 Å². The van der Waals surface area contributed by atoms with Crippen LogP contribution < -0.4 is 10.5 Å². The van der Waals surface area contributed by atoms with Crippen molar-refractivity contribution >= 4 is 17.2 Å². The number of nitrogens with zero attached hydrogens (tertiary/aromatic N) is 1. The van der Waals surface area contributed by atoms with Crippen molar-refractivity contribution in [1.29, 1.82) is 0 Å². The highest BCUT2D eigenvalue weighted by Gasteiger charge is 2.22. The summed E-state index contributed by atoms with van der Waals surface area (Å²) in [6, 6.07) is 7.89. The first-order valence-corrected chi connectivity index (χ1v) is 7.42. The Morgan fingerprint density at radius 3 is 3.05 bits per heavy atom. The van der Waals surface area contributed by atoms with E-state index in [0.29, 0.717) is 23.3 Å². The van der Waals surface area contributed by atoms with Crippen LogP contribution >= 0.6 is 12.2 Å². The second-order valence-corrected chi connectivity index (χ2v) is 5.78. The molecule has 2 unspecified atom stereocenters. The number of ether oxygens (including phenoxy) is 1.